The number of hydrogen-bond acceptors (Lipinski definition) is 5. The molecular weight excluding hydrogens is 371 g/mol. The van der Waals surface area contributed by atoms with E-state index in [1.165, 1.54) is 18.5 Å². The average Bonchev–Trinajstić information content (AvgIpc) is 3.22. The van der Waals surface area contributed by atoms with Crippen molar-refractivity contribution in [1.29, 1.82) is 0 Å². The van der Waals surface area contributed by atoms with Crippen molar-refractivity contribution in [3.8, 4) is 0 Å². The van der Waals surface area contributed by atoms with Crippen LogP contribution in [-0.4, -0.2) is 21.4 Å². The van der Waals surface area contributed by atoms with Gasteiger partial charge >= 0.3 is 0 Å². The van der Waals surface area contributed by atoms with Gasteiger partial charge in [0, 0.05) is 17.1 Å². The number of nitrogens with one attached hydrogen (secondary N) is 2. The van der Waals surface area contributed by atoms with Gasteiger partial charge in [-0.25, -0.2) is 14.4 Å². The Labute approximate surface area is 160 Å². The summed E-state index contributed by atoms with van der Waals surface area (Å²) in [5.74, 6) is 0.289. The van der Waals surface area contributed by atoms with Crippen LogP contribution < -0.4 is 10.6 Å². The zero-order chi connectivity index (χ0) is 19.2. The first-order valence-electron chi connectivity index (χ1n) is 8.61. The van der Waals surface area contributed by atoms with Gasteiger partial charge in [-0.15, -0.1) is 0 Å². The van der Waals surface area contributed by atoms with Gasteiger partial charge < -0.3 is 15.1 Å². The third kappa shape index (κ3) is 3.47. The highest BCUT2D eigenvalue weighted by Gasteiger charge is 2.38. The van der Waals surface area contributed by atoms with Gasteiger partial charge in [0.25, 0.3) is 5.91 Å². The number of anilines is 1. The van der Waals surface area contributed by atoms with Crippen LogP contribution in [0.5, 0.6) is 0 Å². The first-order chi connectivity index (χ1) is 12.9. The van der Waals surface area contributed by atoms with Crippen molar-refractivity contribution in [2.24, 2.45) is 0 Å². The second-order valence-electron chi connectivity index (χ2n) is 7.04. The molecular formula is C19H18ClFN4O2. The van der Waals surface area contributed by atoms with Crippen LogP contribution in [0.25, 0.3) is 11.1 Å². The summed E-state index contributed by atoms with van der Waals surface area (Å²) in [5.41, 5.74) is 1.36. The number of aromatic nitrogens is 2. The predicted molar refractivity (Wildman–Crippen MR) is 100 cm³/mol. The standard InChI is InChI=1S/C19H18ClFN4O2/c1-10-14(17(26)22-8-11-3-4-12(21)7-13(11)20)15-16(25-19(2)5-6-19)23-9-24-18(15)27-10/h3-4,7,9H,5-6,8H2,1-2H3,(H,22,26)(H,23,24,25). The Morgan fingerprint density at radius 1 is 1.37 bits per heavy atom. The minimum Gasteiger partial charge on any atom is -0.442 e. The van der Waals surface area contributed by atoms with Gasteiger partial charge in [-0.2, -0.15) is 0 Å². The minimum atomic E-state index is -0.423. The average molecular weight is 389 g/mol. The summed E-state index contributed by atoms with van der Waals surface area (Å²) in [6.07, 6.45) is 3.50. The fourth-order valence-electron chi connectivity index (χ4n) is 2.94. The van der Waals surface area contributed by atoms with E-state index >= 15 is 0 Å². The molecule has 4 rings (SSSR count). The Morgan fingerprint density at radius 2 is 2.15 bits per heavy atom. The van der Waals surface area contributed by atoms with Crippen LogP contribution in [0.15, 0.2) is 28.9 Å². The number of carbonyl (C=O) groups is 1. The van der Waals surface area contributed by atoms with E-state index < -0.39 is 5.82 Å². The lowest BCUT2D eigenvalue weighted by Crippen LogP contribution is -2.24. The van der Waals surface area contributed by atoms with Crippen molar-refractivity contribution < 1.29 is 13.6 Å². The number of fused-ring (bicyclic) bond motifs is 1. The number of benzene rings is 1. The molecule has 1 amide bonds. The minimum absolute atomic E-state index is 0.0121. The van der Waals surface area contributed by atoms with Crippen LogP contribution in [0.1, 0.15) is 41.4 Å². The summed E-state index contributed by atoms with van der Waals surface area (Å²) in [6, 6.07) is 4.06. The second-order valence-corrected chi connectivity index (χ2v) is 7.45. The number of furan rings is 1. The topological polar surface area (TPSA) is 80.1 Å². The van der Waals surface area contributed by atoms with Crippen LogP contribution in [0.2, 0.25) is 5.02 Å². The summed E-state index contributed by atoms with van der Waals surface area (Å²) in [4.78, 5) is 21.3. The fourth-order valence-corrected chi connectivity index (χ4v) is 3.17. The molecule has 27 heavy (non-hydrogen) atoms. The molecule has 2 heterocycles. The SMILES string of the molecule is Cc1oc2ncnc(NC3(C)CC3)c2c1C(=O)NCc1ccc(F)cc1Cl. The maximum Gasteiger partial charge on any atom is 0.255 e. The Hall–Kier alpha value is -2.67. The van der Waals surface area contributed by atoms with Gasteiger partial charge in [-0.05, 0) is 44.4 Å². The van der Waals surface area contributed by atoms with Crippen LogP contribution in [-0.2, 0) is 6.54 Å². The summed E-state index contributed by atoms with van der Waals surface area (Å²) < 4.78 is 18.8. The van der Waals surface area contributed by atoms with E-state index in [-0.39, 0.29) is 23.0 Å². The van der Waals surface area contributed by atoms with E-state index in [1.54, 1.807) is 13.0 Å². The zero-order valence-electron chi connectivity index (χ0n) is 14.9. The van der Waals surface area contributed by atoms with Crippen molar-refractivity contribution in [2.75, 3.05) is 5.32 Å². The Morgan fingerprint density at radius 3 is 2.85 bits per heavy atom. The highest BCUT2D eigenvalue weighted by Crippen LogP contribution is 2.40. The number of aryl methyl sites for hydroxylation is 1. The highest BCUT2D eigenvalue weighted by atomic mass is 35.5. The third-order valence-corrected chi connectivity index (χ3v) is 5.12. The van der Waals surface area contributed by atoms with E-state index in [0.717, 1.165) is 12.8 Å². The number of amides is 1. The molecule has 0 saturated heterocycles. The summed E-state index contributed by atoms with van der Waals surface area (Å²) in [6.45, 7) is 3.98. The van der Waals surface area contributed by atoms with E-state index in [2.05, 4.69) is 27.5 Å². The molecule has 0 radical (unpaired) electrons. The Kier molecular flexibility index (Phi) is 4.26. The largest absolute Gasteiger partial charge is 0.442 e. The molecule has 1 aliphatic carbocycles. The quantitative estimate of drug-likeness (QED) is 0.684. The molecule has 2 aromatic heterocycles. The number of rotatable bonds is 5. The number of hydrogen-bond donors (Lipinski definition) is 2. The first-order valence-corrected chi connectivity index (χ1v) is 8.98. The fraction of sp³-hybridized carbons (Fsp3) is 0.316. The number of halogens is 2. The van der Waals surface area contributed by atoms with E-state index in [1.807, 2.05) is 0 Å². The van der Waals surface area contributed by atoms with Gasteiger partial charge in [-0.1, -0.05) is 17.7 Å². The molecule has 1 aliphatic rings. The maximum atomic E-state index is 13.2. The van der Waals surface area contributed by atoms with Gasteiger partial charge in [-0.3, -0.25) is 4.79 Å². The molecule has 8 heteroatoms. The normalized spacial score (nSPS) is 15.0. The molecule has 140 valence electrons. The summed E-state index contributed by atoms with van der Waals surface area (Å²) in [5, 5.41) is 7.01. The Bertz CT molecular complexity index is 1050. The van der Waals surface area contributed by atoms with Crippen molar-refractivity contribution in [2.45, 2.75) is 38.8 Å². The van der Waals surface area contributed by atoms with Crippen LogP contribution in [0.3, 0.4) is 0 Å². The monoisotopic (exact) mass is 388 g/mol. The van der Waals surface area contributed by atoms with E-state index in [9.17, 15) is 9.18 Å². The third-order valence-electron chi connectivity index (χ3n) is 4.77. The molecule has 0 spiro atoms. The highest BCUT2D eigenvalue weighted by molar-refractivity contribution is 6.31. The molecule has 1 saturated carbocycles. The summed E-state index contributed by atoms with van der Waals surface area (Å²) >= 11 is 6.03. The van der Waals surface area contributed by atoms with Crippen LogP contribution in [0, 0.1) is 12.7 Å². The lowest BCUT2D eigenvalue weighted by molar-refractivity contribution is 0.0951. The first kappa shape index (κ1) is 17.7. The van der Waals surface area contributed by atoms with Crippen molar-refractivity contribution in [3.05, 3.63) is 52.3 Å². The van der Waals surface area contributed by atoms with Crippen molar-refractivity contribution >= 4 is 34.4 Å². The molecule has 1 aromatic carbocycles. The van der Waals surface area contributed by atoms with Gasteiger partial charge in [0.1, 0.15) is 23.7 Å². The van der Waals surface area contributed by atoms with Crippen LogP contribution in [0.4, 0.5) is 10.2 Å². The van der Waals surface area contributed by atoms with E-state index in [0.29, 0.717) is 33.8 Å². The molecule has 6 nitrogen and oxygen atoms in total. The van der Waals surface area contributed by atoms with Gasteiger partial charge in [0.05, 0.1) is 10.9 Å². The smallest absolute Gasteiger partial charge is 0.255 e. The molecule has 0 aliphatic heterocycles. The van der Waals surface area contributed by atoms with Gasteiger partial charge in [0.2, 0.25) is 5.71 Å². The second kappa shape index (κ2) is 6.49. The summed E-state index contributed by atoms with van der Waals surface area (Å²) in [7, 11) is 0. The molecule has 0 bridgehead atoms. The molecule has 0 atom stereocenters. The maximum absolute atomic E-state index is 13.2. The molecule has 2 N–H and O–H groups in total. The van der Waals surface area contributed by atoms with Crippen LogP contribution >= 0.6 is 11.6 Å². The van der Waals surface area contributed by atoms with E-state index in [4.69, 9.17) is 16.0 Å². The molecule has 1 fully saturated rings. The molecule has 0 unspecified atom stereocenters. The molecule has 3 aromatic rings. The predicted octanol–water partition coefficient (Wildman–Crippen LogP) is 4.22. The lowest BCUT2D eigenvalue weighted by atomic mass is 10.1. The number of carbonyl (C=O) groups excluding carboxylic acids is 1. The zero-order valence-corrected chi connectivity index (χ0v) is 15.7. The Balaban J connectivity index is 1.64. The lowest BCUT2D eigenvalue weighted by Gasteiger charge is -2.13. The number of nitrogens with zero attached hydrogens (tertiary/aromatic N) is 2. The van der Waals surface area contributed by atoms with Gasteiger partial charge in [0.15, 0.2) is 0 Å². The van der Waals surface area contributed by atoms with Crippen molar-refractivity contribution in [3.63, 3.8) is 0 Å². The van der Waals surface area contributed by atoms with Crippen molar-refractivity contribution in [1.82, 2.24) is 15.3 Å².